The van der Waals surface area contributed by atoms with Crippen LogP contribution in [0.1, 0.15) is 40.3 Å². The van der Waals surface area contributed by atoms with Crippen LogP contribution in [0.5, 0.6) is 0 Å². The Bertz CT molecular complexity index is 745. The maximum absolute atomic E-state index is 13.5. The Labute approximate surface area is 137 Å². The zero-order valence-corrected chi connectivity index (χ0v) is 14.1. The highest BCUT2D eigenvalue weighted by atomic mass is 35.5. The molecule has 2 aromatic rings. The molecule has 0 fully saturated rings. The number of nitrogens with zero attached hydrogens (tertiary/aromatic N) is 3. The number of halogens is 3. The Morgan fingerprint density at radius 2 is 2.00 bits per heavy atom. The van der Waals surface area contributed by atoms with E-state index < -0.39 is 11.7 Å². The summed E-state index contributed by atoms with van der Waals surface area (Å²) in [5.41, 5.74) is 2.61. The van der Waals surface area contributed by atoms with E-state index in [9.17, 15) is 9.18 Å². The maximum atomic E-state index is 13.5. The number of amides is 1. The first-order valence-electron chi connectivity index (χ1n) is 6.54. The lowest BCUT2D eigenvalue weighted by atomic mass is 10.1. The van der Waals surface area contributed by atoms with Crippen LogP contribution in [0.3, 0.4) is 0 Å². The molecule has 0 radical (unpaired) electrons. The summed E-state index contributed by atoms with van der Waals surface area (Å²) in [6.45, 7) is 5.60. The van der Waals surface area contributed by atoms with Gasteiger partial charge in [-0.2, -0.15) is 5.10 Å². The molecule has 0 saturated heterocycles. The third kappa shape index (κ3) is 3.08. The number of hydrogen-bond acceptors (Lipinski definition) is 3. The van der Waals surface area contributed by atoms with Crippen molar-refractivity contribution in [2.45, 2.75) is 26.8 Å². The monoisotopic (exact) mass is 344 g/mol. The lowest BCUT2D eigenvalue weighted by Crippen LogP contribution is -2.28. The largest absolute Gasteiger partial charge is 0.345 e. The average molecular weight is 345 g/mol. The third-order valence-electron chi connectivity index (χ3n) is 3.48. The second-order valence-electron chi connectivity index (χ2n) is 5.00. The van der Waals surface area contributed by atoms with Crippen LogP contribution in [-0.4, -0.2) is 20.7 Å². The van der Waals surface area contributed by atoms with Crippen molar-refractivity contribution in [3.05, 3.63) is 44.7 Å². The number of nitrogens with one attached hydrogen (secondary N) is 1. The molecule has 2 aromatic heterocycles. The fourth-order valence-electron chi connectivity index (χ4n) is 2.37. The van der Waals surface area contributed by atoms with Crippen molar-refractivity contribution in [3.8, 4) is 0 Å². The molecule has 22 heavy (non-hydrogen) atoms. The Kier molecular flexibility index (Phi) is 4.72. The fourth-order valence-corrected chi connectivity index (χ4v) is 2.78. The summed E-state index contributed by atoms with van der Waals surface area (Å²) in [7, 11) is 1.83. The first kappa shape index (κ1) is 16.7. The van der Waals surface area contributed by atoms with Gasteiger partial charge >= 0.3 is 0 Å². The Morgan fingerprint density at radius 3 is 2.55 bits per heavy atom. The quantitative estimate of drug-likeness (QED) is 0.868. The van der Waals surface area contributed by atoms with Crippen LogP contribution in [0.2, 0.25) is 10.3 Å². The van der Waals surface area contributed by atoms with Gasteiger partial charge in [-0.15, -0.1) is 0 Å². The molecule has 0 aliphatic heterocycles. The van der Waals surface area contributed by atoms with Crippen LogP contribution < -0.4 is 5.32 Å². The lowest BCUT2D eigenvalue weighted by molar-refractivity contribution is 0.0939. The third-order valence-corrected chi connectivity index (χ3v) is 4.03. The molecule has 0 spiro atoms. The number of aryl methyl sites for hydroxylation is 2. The molecule has 1 N–H and O–H groups in total. The number of carbonyl (C=O) groups is 1. The van der Waals surface area contributed by atoms with E-state index in [4.69, 9.17) is 23.2 Å². The van der Waals surface area contributed by atoms with E-state index in [2.05, 4.69) is 15.4 Å². The van der Waals surface area contributed by atoms with Crippen LogP contribution in [0.25, 0.3) is 0 Å². The topological polar surface area (TPSA) is 59.8 Å². The molecule has 0 unspecified atom stereocenters. The van der Waals surface area contributed by atoms with E-state index in [0.29, 0.717) is 0 Å². The Balaban J connectivity index is 2.27. The number of hydrogen-bond donors (Lipinski definition) is 1. The van der Waals surface area contributed by atoms with Gasteiger partial charge in [0.2, 0.25) is 0 Å². The summed E-state index contributed by atoms with van der Waals surface area (Å²) in [5, 5.41) is 6.56. The van der Waals surface area contributed by atoms with Crippen molar-refractivity contribution in [1.29, 1.82) is 0 Å². The minimum Gasteiger partial charge on any atom is -0.345 e. The van der Waals surface area contributed by atoms with Gasteiger partial charge in [-0.3, -0.25) is 9.48 Å². The summed E-state index contributed by atoms with van der Waals surface area (Å²) in [6.07, 6.45) is 0. The summed E-state index contributed by atoms with van der Waals surface area (Å²) < 4.78 is 15.2. The lowest BCUT2D eigenvalue weighted by Gasteiger charge is -2.15. The van der Waals surface area contributed by atoms with E-state index in [1.54, 1.807) is 4.68 Å². The molecule has 2 rings (SSSR count). The van der Waals surface area contributed by atoms with Crippen molar-refractivity contribution in [2.75, 3.05) is 0 Å². The van der Waals surface area contributed by atoms with E-state index in [1.807, 2.05) is 27.8 Å². The smallest absolute Gasteiger partial charge is 0.254 e. The summed E-state index contributed by atoms with van der Waals surface area (Å²) in [4.78, 5) is 15.9. The van der Waals surface area contributed by atoms with Gasteiger partial charge in [-0.25, -0.2) is 9.37 Å². The average Bonchev–Trinajstić information content (AvgIpc) is 2.67. The first-order chi connectivity index (χ1) is 10.2. The van der Waals surface area contributed by atoms with E-state index in [-0.39, 0.29) is 21.9 Å². The van der Waals surface area contributed by atoms with Crippen molar-refractivity contribution >= 4 is 29.1 Å². The van der Waals surface area contributed by atoms with Crippen LogP contribution in [-0.2, 0) is 7.05 Å². The predicted molar refractivity (Wildman–Crippen MR) is 82.8 cm³/mol. The highest BCUT2D eigenvalue weighted by molar-refractivity contribution is 6.34. The second kappa shape index (κ2) is 6.22. The van der Waals surface area contributed by atoms with Gasteiger partial charge in [0.1, 0.15) is 5.15 Å². The number of pyridine rings is 1. The van der Waals surface area contributed by atoms with Gasteiger partial charge in [0, 0.05) is 18.3 Å². The van der Waals surface area contributed by atoms with Gasteiger partial charge in [-0.05, 0) is 26.8 Å². The molecular formula is C14H15Cl2FN4O. The molecule has 1 amide bonds. The molecular weight excluding hydrogens is 330 g/mol. The number of carbonyl (C=O) groups excluding carboxylic acids is 1. The Morgan fingerprint density at radius 1 is 1.36 bits per heavy atom. The predicted octanol–water partition coefficient (Wildman–Crippen LogP) is 3.37. The van der Waals surface area contributed by atoms with E-state index in [1.165, 1.54) is 0 Å². The van der Waals surface area contributed by atoms with Crippen LogP contribution in [0.4, 0.5) is 4.39 Å². The molecule has 5 nitrogen and oxygen atoms in total. The maximum Gasteiger partial charge on any atom is 0.254 e. The van der Waals surface area contributed by atoms with Crippen LogP contribution in [0.15, 0.2) is 6.07 Å². The zero-order valence-electron chi connectivity index (χ0n) is 12.5. The molecule has 0 aliphatic rings. The molecule has 2 heterocycles. The fraction of sp³-hybridized carbons (Fsp3) is 0.357. The second-order valence-corrected chi connectivity index (χ2v) is 5.72. The van der Waals surface area contributed by atoms with E-state index >= 15 is 0 Å². The zero-order chi connectivity index (χ0) is 16.6. The minimum atomic E-state index is -0.794. The number of rotatable bonds is 3. The molecule has 1 atom stereocenters. The Hall–Kier alpha value is -1.66. The molecule has 118 valence electrons. The van der Waals surface area contributed by atoms with Gasteiger partial charge in [0.25, 0.3) is 5.91 Å². The normalized spacial score (nSPS) is 12.3. The van der Waals surface area contributed by atoms with Gasteiger partial charge in [0.05, 0.1) is 17.3 Å². The molecule has 8 heteroatoms. The first-order valence-corrected chi connectivity index (χ1v) is 7.30. The molecule has 0 saturated carbocycles. The molecule has 0 aliphatic carbocycles. The van der Waals surface area contributed by atoms with Crippen molar-refractivity contribution in [3.63, 3.8) is 0 Å². The highest BCUT2D eigenvalue weighted by Crippen LogP contribution is 2.23. The highest BCUT2D eigenvalue weighted by Gasteiger charge is 2.21. The van der Waals surface area contributed by atoms with Crippen LogP contribution in [0, 0.1) is 19.7 Å². The van der Waals surface area contributed by atoms with Gasteiger partial charge < -0.3 is 5.32 Å². The summed E-state index contributed by atoms with van der Waals surface area (Å²) in [5.74, 6) is -1.32. The summed E-state index contributed by atoms with van der Waals surface area (Å²) in [6, 6.07) is 0.666. The van der Waals surface area contributed by atoms with Crippen molar-refractivity contribution in [1.82, 2.24) is 20.1 Å². The standard InChI is InChI=1S/C14H15Cl2FN4O/c1-6(11-7(2)20-21(4)8(11)3)18-14(22)9-5-10(17)13(16)19-12(9)15/h5-6H,1-4H3,(H,18,22)/t6-/m1/s1. The van der Waals surface area contributed by atoms with Gasteiger partial charge in [-0.1, -0.05) is 23.2 Å². The number of aromatic nitrogens is 3. The minimum absolute atomic E-state index is 0.0605. The SMILES string of the molecule is Cc1nn(C)c(C)c1[C@@H](C)NC(=O)c1cc(F)c(Cl)nc1Cl. The van der Waals surface area contributed by atoms with E-state index in [0.717, 1.165) is 23.0 Å². The molecule has 0 bridgehead atoms. The van der Waals surface area contributed by atoms with Crippen molar-refractivity contribution in [2.24, 2.45) is 7.05 Å². The molecule has 0 aromatic carbocycles. The van der Waals surface area contributed by atoms with Gasteiger partial charge in [0.15, 0.2) is 11.0 Å². The van der Waals surface area contributed by atoms with Crippen LogP contribution >= 0.6 is 23.2 Å². The summed E-state index contributed by atoms with van der Waals surface area (Å²) >= 11 is 11.4. The van der Waals surface area contributed by atoms with Crippen molar-refractivity contribution < 1.29 is 9.18 Å².